The zero-order chi connectivity index (χ0) is 20.4. The van der Waals surface area contributed by atoms with E-state index in [1.807, 2.05) is 67.5 Å². The monoisotopic (exact) mass is 403 g/mol. The van der Waals surface area contributed by atoms with Crippen LogP contribution in [-0.4, -0.2) is 25.9 Å². The molecular formula is C23H21N3O2S. The van der Waals surface area contributed by atoms with Crippen LogP contribution in [0.3, 0.4) is 0 Å². The van der Waals surface area contributed by atoms with E-state index in [1.54, 1.807) is 18.2 Å². The Morgan fingerprint density at radius 2 is 1.76 bits per heavy atom. The molecule has 1 aliphatic heterocycles. The summed E-state index contributed by atoms with van der Waals surface area (Å²) in [6, 6.07) is 20.9. The van der Waals surface area contributed by atoms with Gasteiger partial charge in [0.2, 0.25) is 0 Å². The van der Waals surface area contributed by atoms with Crippen molar-refractivity contribution in [3.05, 3.63) is 83.4 Å². The van der Waals surface area contributed by atoms with Gasteiger partial charge in [-0.15, -0.1) is 0 Å². The van der Waals surface area contributed by atoms with Gasteiger partial charge in [-0.05, 0) is 42.0 Å². The number of anilines is 2. The third-order valence-corrected chi connectivity index (χ3v) is 5.91. The van der Waals surface area contributed by atoms with E-state index in [0.29, 0.717) is 23.4 Å². The number of para-hydroxylation sites is 1. The second kappa shape index (κ2) is 8.01. The molecule has 2 N–H and O–H groups in total. The van der Waals surface area contributed by atoms with Crippen LogP contribution < -0.4 is 15.5 Å². The average Bonchev–Trinajstić information content (AvgIpc) is 2.87. The lowest BCUT2D eigenvalue weighted by molar-refractivity contribution is 0.0949. The molecule has 0 saturated heterocycles. The maximum absolute atomic E-state index is 12.7. The van der Waals surface area contributed by atoms with Gasteiger partial charge in [0.15, 0.2) is 0 Å². The van der Waals surface area contributed by atoms with E-state index in [-0.39, 0.29) is 11.8 Å². The SMILES string of the molecule is CN(C)c1ccccc1CNC(=O)c1ccc2c(c1)NC(=O)c1ccccc1S2. The van der Waals surface area contributed by atoms with Crippen molar-refractivity contribution in [1.82, 2.24) is 5.32 Å². The zero-order valence-corrected chi connectivity index (χ0v) is 17.0. The normalized spacial score (nSPS) is 12.3. The molecule has 6 heteroatoms. The third-order valence-electron chi connectivity index (χ3n) is 4.75. The minimum absolute atomic E-state index is 0.163. The van der Waals surface area contributed by atoms with Gasteiger partial charge in [0.05, 0.1) is 11.3 Å². The van der Waals surface area contributed by atoms with Crippen LogP contribution in [0.1, 0.15) is 26.3 Å². The first-order chi connectivity index (χ1) is 14.0. The maximum Gasteiger partial charge on any atom is 0.256 e. The van der Waals surface area contributed by atoms with Gasteiger partial charge in [-0.3, -0.25) is 9.59 Å². The largest absolute Gasteiger partial charge is 0.377 e. The molecule has 0 aliphatic carbocycles. The van der Waals surface area contributed by atoms with Crippen molar-refractivity contribution in [2.24, 2.45) is 0 Å². The van der Waals surface area contributed by atoms with Gasteiger partial charge in [0.1, 0.15) is 0 Å². The number of benzene rings is 3. The molecular weight excluding hydrogens is 382 g/mol. The number of amides is 2. The van der Waals surface area contributed by atoms with Crippen LogP contribution in [0.4, 0.5) is 11.4 Å². The molecule has 1 aliphatic rings. The number of fused-ring (bicyclic) bond motifs is 2. The van der Waals surface area contributed by atoms with Gasteiger partial charge in [-0.2, -0.15) is 0 Å². The molecule has 29 heavy (non-hydrogen) atoms. The maximum atomic E-state index is 12.7. The first-order valence-corrected chi connectivity index (χ1v) is 10.1. The molecule has 0 fully saturated rings. The van der Waals surface area contributed by atoms with Crippen LogP contribution in [0.15, 0.2) is 76.5 Å². The first kappa shape index (κ1) is 19.1. The predicted molar refractivity (Wildman–Crippen MR) is 117 cm³/mol. The number of carbonyl (C=O) groups excluding carboxylic acids is 2. The molecule has 0 spiro atoms. The lowest BCUT2D eigenvalue weighted by Gasteiger charge is -2.17. The molecule has 0 saturated carbocycles. The molecule has 146 valence electrons. The minimum Gasteiger partial charge on any atom is -0.377 e. The number of hydrogen-bond donors (Lipinski definition) is 2. The van der Waals surface area contributed by atoms with Crippen LogP contribution >= 0.6 is 11.8 Å². The van der Waals surface area contributed by atoms with E-state index < -0.39 is 0 Å². The predicted octanol–water partition coefficient (Wildman–Crippen LogP) is 4.40. The Labute approximate surface area is 174 Å². The highest BCUT2D eigenvalue weighted by atomic mass is 32.2. The summed E-state index contributed by atoms with van der Waals surface area (Å²) in [5.74, 6) is -0.341. The number of rotatable bonds is 4. The fourth-order valence-electron chi connectivity index (χ4n) is 3.28. The van der Waals surface area contributed by atoms with Crippen LogP contribution in [0.5, 0.6) is 0 Å². The summed E-state index contributed by atoms with van der Waals surface area (Å²) in [4.78, 5) is 29.1. The molecule has 0 bridgehead atoms. The van der Waals surface area contributed by atoms with Crippen molar-refractivity contribution in [3.8, 4) is 0 Å². The Morgan fingerprint density at radius 3 is 2.59 bits per heavy atom. The number of nitrogens with zero attached hydrogens (tertiary/aromatic N) is 1. The molecule has 0 radical (unpaired) electrons. The van der Waals surface area contributed by atoms with Crippen molar-refractivity contribution in [1.29, 1.82) is 0 Å². The Bertz CT molecular complexity index is 1090. The number of nitrogens with one attached hydrogen (secondary N) is 2. The van der Waals surface area contributed by atoms with E-state index >= 15 is 0 Å². The summed E-state index contributed by atoms with van der Waals surface area (Å²) < 4.78 is 0. The second-order valence-electron chi connectivity index (χ2n) is 6.97. The summed E-state index contributed by atoms with van der Waals surface area (Å²) >= 11 is 1.52. The quantitative estimate of drug-likeness (QED) is 0.678. The van der Waals surface area contributed by atoms with E-state index in [1.165, 1.54) is 11.8 Å². The van der Waals surface area contributed by atoms with Gasteiger partial charge in [0.25, 0.3) is 11.8 Å². The fraction of sp³-hybridized carbons (Fsp3) is 0.130. The molecule has 1 heterocycles. The van der Waals surface area contributed by atoms with Crippen molar-refractivity contribution in [3.63, 3.8) is 0 Å². The number of hydrogen-bond acceptors (Lipinski definition) is 4. The minimum atomic E-state index is -0.178. The average molecular weight is 404 g/mol. The van der Waals surface area contributed by atoms with E-state index in [4.69, 9.17) is 0 Å². The Morgan fingerprint density at radius 1 is 1.00 bits per heavy atom. The zero-order valence-electron chi connectivity index (χ0n) is 16.2. The van der Waals surface area contributed by atoms with Crippen LogP contribution in [0.25, 0.3) is 0 Å². The standard InChI is InChI=1S/C23H21N3O2S/c1-26(2)19-9-5-3-7-16(19)14-24-22(27)15-11-12-21-18(13-15)25-23(28)17-8-4-6-10-20(17)29-21/h3-13H,14H2,1-2H3,(H,24,27)(H,25,28). The molecule has 4 rings (SSSR count). The molecule has 3 aromatic carbocycles. The highest BCUT2D eigenvalue weighted by Gasteiger charge is 2.20. The lowest BCUT2D eigenvalue weighted by atomic mass is 10.1. The van der Waals surface area contributed by atoms with Gasteiger partial charge < -0.3 is 15.5 Å². The summed E-state index contributed by atoms with van der Waals surface area (Å²) in [5, 5.41) is 5.90. The Kier molecular flexibility index (Phi) is 5.27. The fourth-order valence-corrected chi connectivity index (χ4v) is 4.29. The van der Waals surface area contributed by atoms with Crippen molar-refractivity contribution in [2.75, 3.05) is 24.3 Å². The van der Waals surface area contributed by atoms with Gasteiger partial charge in [0, 0.05) is 41.7 Å². The van der Waals surface area contributed by atoms with E-state index in [2.05, 4.69) is 10.6 Å². The van der Waals surface area contributed by atoms with Gasteiger partial charge >= 0.3 is 0 Å². The van der Waals surface area contributed by atoms with E-state index in [0.717, 1.165) is 21.0 Å². The van der Waals surface area contributed by atoms with Crippen LogP contribution in [-0.2, 0) is 6.54 Å². The molecule has 0 unspecified atom stereocenters. The topological polar surface area (TPSA) is 61.4 Å². The third kappa shape index (κ3) is 3.98. The molecule has 0 atom stereocenters. The molecule has 2 amide bonds. The van der Waals surface area contributed by atoms with Crippen molar-refractivity contribution in [2.45, 2.75) is 16.3 Å². The lowest BCUT2D eigenvalue weighted by Crippen LogP contribution is -2.24. The van der Waals surface area contributed by atoms with E-state index in [9.17, 15) is 9.59 Å². The summed E-state index contributed by atoms with van der Waals surface area (Å²) in [5.41, 5.74) is 3.91. The van der Waals surface area contributed by atoms with Gasteiger partial charge in [-0.1, -0.05) is 42.1 Å². The first-order valence-electron chi connectivity index (χ1n) is 9.28. The second-order valence-corrected chi connectivity index (χ2v) is 8.05. The van der Waals surface area contributed by atoms with Crippen molar-refractivity contribution < 1.29 is 9.59 Å². The highest BCUT2D eigenvalue weighted by Crippen LogP contribution is 2.39. The molecule has 0 aromatic heterocycles. The number of carbonyl (C=O) groups is 2. The summed E-state index contributed by atoms with van der Waals surface area (Å²) in [6.07, 6.45) is 0. The van der Waals surface area contributed by atoms with Crippen molar-refractivity contribution >= 4 is 35.0 Å². The molecule has 5 nitrogen and oxygen atoms in total. The Hall–Kier alpha value is -3.25. The smallest absolute Gasteiger partial charge is 0.256 e. The summed E-state index contributed by atoms with van der Waals surface area (Å²) in [7, 11) is 3.96. The molecule has 3 aromatic rings. The van der Waals surface area contributed by atoms with Crippen LogP contribution in [0.2, 0.25) is 0 Å². The van der Waals surface area contributed by atoms with Gasteiger partial charge in [-0.25, -0.2) is 0 Å². The highest BCUT2D eigenvalue weighted by molar-refractivity contribution is 7.99. The van der Waals surface area contributed by atoms with Crippen LogP contribution in [0, 0.1) is 0 Å². The Balaban J connectivity index is 1.53. The summed E-state index contributed by atoms with van der Waals surface area (Å²) in [6.45, 7) is 0.427.